The van der Waals surface area contributed by atoms with Gasteiger partial charge in [0.1, 0.15) is 5.78 Å². The molecule has 0 spiro atoms. The van der Waals surface area contributed by atoms with Crippen molar-refractivity contribution in [3.8, 4) is 0 Å². The molecular weight excluding hydrogens is 376 g/mol. The molecule has 0 unspecified atom stereocenters. The van der Waals surface area contributed by atoms with Crippen molar-refractivity contribution in [1.82, 2.24) is 0 Å². The average Bonchev–Trinajstić information content (AvgIpc) is 3.24. The zero-order chi connectivity index (χ0) is 21.4. The minimum atomic E-state index is 0.326. The van der Waals surface area contributed by atoms with Crippen molar-refractivity contribution in [2.75, 3.05) is 0 Å². The van der Waals surface area contributed by atoms with Gasteiger partial charge in [-0.15, -0.1) is 0 Å². The van der Waals surface area contributed by atoms with Crippen LogP contribution < -0.4 is 0 Å². The second kappa shape index (κ2) is 8.77. The summed E-state index contributed by atoms with van der Waals surface area (Å²) in [6, 6.07) is 15.9. The van der Waals surface area contributed by atoms with Gasteiger partial charge >= 0.3 is 0 Å². The highest BCUT2D eigenvalue weighted by Crippen LogP contribution is 2.41. The Balaban J connectivity index is 1.25. The van der Waals surface area contributed by atoms with Gasteiger partial charge < -0.3 is 0 Å². The lowest BCUT2D eigenvalue weighted by Crippen LogP contribution is -2.29. The van der Waals surface area contributed by atoms with Crippen LogP contribution in [0.2, 0.25) is 0 Å². The van der Waals surface area contributed by atoms with Crippen molar-refractivity contribution in [1.29, 1.82) is 0 Å². The molecule has 162 valence electrons. The van der Waals surface area contributed by atoms with Crippen molar-refractivity contribution in [2.45, 2.75) is 77.6 Å². The summed E-state index contributed by atoms with van der Waals surface area (Å²) in [5.74, 6) is 2.72. The molecule has 31 heavy (non-hydrogen) atoms. The molecule has 0 N–H and O–H groups in total. The maximum absolute atomic E-state index is 13.1. The van der Waals surface area contributed by atoms with Gasteiger partial charge in [0.25, 0.3) is 0 Å². The van der Waals surface area contributed by atoms with Crippen LogP contribution in [-0.4, -0.2) is 5.78 Å². The van der Waals surface area contributed by atoms with Crippen LogP contribution in [0.4, 0.5) is 0 Å². The summed E-state index contributed by atoms with van der Waals surface area (Å²) in [5, 5.41) is 0. The molecule has 3 aliphatic carbocycles. The van der Waals surface area contributed by atoms with Gasteiger partial charge in [0.05, 0.1) is 0 Å². The number of hydrogen-bond acceptors (Lipinski definition) is 1. The summed E-state index contributed by atoms with van der Waals surface area (Å²) in [6.07, 6.45) is 12.7. The molecule has 2 aromatic carbocycles. The molecule has 0 aromatic heterocycles. The van der Waals surface area contributed by atoms with Crippen molar-refractivity contribution in [3.63, 3.8) is 0 Å². The lowest BCUT2D eigenvalue weighted by Gasteiger charge is -2.32. The molecule has 1 heteroatoms. The van der Waals surface area contributed by atoms with Crippen LogP contribution in [0.5, 0.6) is 0 Å². The molecule has 0 saturated heterocycles. The quantitative estimate of drug-likeness (QED) is 0.501. The van der Waals surface area contributed by atoms with Crippen molar-refractivity contribution in [3.05, 3.63) is 70.3 Å². The topological polar surface area (TPSA) is 17.1 Å². The third-order valence-electron chi connectivity index (χ3n) is 8.39. The first kappa shape index (κ1) is 20.7. The average molecular weight is 413 g/mol. The van der Waals surface area contributed by atoms with Gasteiger partial charge in [-0.1, -0.05) is 68.3 Å². The van der Waals surface area contributed by atoms with Gasteiger partial charge in [0.15, 0.2) is 0 Å². The maximum Gasteiger partial charge on any atom is 0.139 e. The number of allylic oxidation sites excluding steroid dienone is 1. The van der Waals surface area contributed by atoms with E-state index in [4.69, 9.17) is 0 Å². The Morgan fingerprint density at radius 1 is 0.839 bits per heavy atom. The first-order chi connectivity index (χ1) is 15.1. The Kier molecular flexibility index (Phi) is 5.87. The van der Waals surface area contributed by atoms with E-state index in [2.05, 4.69) is 62.4 Å². The highest BCUT2D eigenvalue weighted by molar-refractivity contribution is 5.89. The van der Waals surface area contributed by atoms with Gasteiger partial charge in [-0.2, -0.15) is 0 Å². The fourth-order valence-electron chi connectivity index (χ4n) is 6.28. The third-order valence-corrected chi connectivity index (χ3v) is 8.39. The van der Waals surface area contributed by atoms with Crippen molar-refractivity contribution >= 4 is 17.4 Å². The Hall–Kier alpha value is -2.15. The summed E-state index contributed by atoms with van der Waals surface area (Å²) in [6.45, 7) is 4.57. The smallest absolute Gasteiger partial charge is 0.139 e. The predicted molar refractivity (Wildman–Crippen MR) is 130 cm³/mol. The number of hydrogen-bond donors (Lipinski definition) is 0. The molecule has 2 saturated carbocycles. The van der Waals surface area contributed by atoms with Crippen LogP contribution in [0.1, 0.15) is 92.0 Å². The Morgan fingerprint density at radius 3 is 2.23 bits per heavy atom. The van der Waals surface area contributed by atoms with Crippen molar-refractivity contribution in [2.24, 2.45) is 17.8 Å². The predicted octanol–water partition coefficient (Wildman–Crippen LogP) is 7.76. The second-order valence-electron chi connectivity index (χ2n) is 10.5. The highest BCUT2D eigenvalue weighted by atomic mass is 16.1. The number of fused-ring (bicyclic) bond motifs is 1. The maximum atomic E-state index is 13.1. The van der Waals surface area contributed by atoms with E-state index >= 15 is 0 Å². The van der Waals surface area contributed by atoms with E-state index in [1.807, 2.05) is 0 Å². The van der Waals surface area contributed by atoms with E-state index in [0.29, 0.717) is 23.5 Å². The minimum Gasteiger partial charge on any atom is -0.299 e. The lowest BCUT2D eigenvalue weighted by atomic mass is 9.71. The zero-order valence-electron chi connectivity index (χ0n) is 19.2. The summed E-state index contributed by atoms with van der Waals surface area (Å²) in [5.41, 5.74) is 8.55. The summed E-state index contributed by atoms with van der Waals surface area (Å²) in [4.78, 5) is 13.1. The monoisotopic (exact) mass is 412 g/mol. The Labute approximate surface area is 188 Å². The fraction of sp³-hybridized carbons (Fsp3) is 0.500. The number of carbonyl (C=O) groups is 1. The van der Waals surface area contributed by atoms with Gasteiger partial charge in [-0.05, 0) is 97.1 Å². The van der Waals surface area contributed by atoms with E-state index in [9.17, 15) is 4.79 Å². The second-order valence-corrected chi connectivity index (χ2v) is 10.5. The molecule has 2 fully saturated rings. The van der Waals surface area contributed by atoms with E-state index in [1.165, 1.54) is 59.1 Å². The lowest BCUT2D eigenvalue weighted by molar-refractivity contribution is -0.129. The molecule has 5 rings (SSSR count). The molecule has 0 atom stereocenters. The number of benzene rings is 2. The molecular formula is C30H36O. The molecule has 0 amide bonds. The first-order valence-corrected chi connectivity index (χ1v) is 12.5. The molecule has 2 aromatic rings. The van der Waals surface area contributed by atoms with E-state index in [0.717, 1.165) is 38.0 Å². The normalized spacial score (nSPS) is 28.1. The molecule has 3 aliphatic rings. The fourth-order valence-corrected chi connectivity index (χ4v) is 6.28. The number of rotatable bonds is 4. The molecule has 0 radical (unpaired) electrons. The Morgan fingerprint density at radius 2 is 1.52 bits per heavy atom. The minimum absolute atomic E-state index is 0.326. The van der Waals surface area contributed by atoms with E-state index < -0.39 is 0 Å². The largest absolute Gasteiger partial charge is 0.299 e. The van der Waals surface area contributed by atoms with Gasteiger partial charge in [-0.25, -0.2) is 0 Å². The standard InChI is InChI=1S/C30H36O/c1-20-7-10-23(11-8-20)30(31)24-15-13-22(14-16-24)27-12-9-21(2)29(19-27)28-17-25-5-3-4-6-26(25)18-28/h3-6,9,12,17,19-20,22-24H,7-8,10-11,13-16,18H2,1-2H3. The van der Waals surface area contributed by atoms with E-state index in [-0.39, 0.29) is 0 Å². The van der Waals surface area contributed by atoms with Crippen LogP contribution in [0, 0.1) is 24.7 Å². The third kappa shape index (κ3) is 4.29. The number of Topliss-reactive ketones (excluding diaryl/α,β-unsaturated/α-hetero) is 1. The van der Waals surface area contributed by atoms with Crippen LogP contribution in [0.15, 0.2) is 42.5 Å². The molecule has 0 heterocycles. The first-order valence-electron chi connectivity index (χ1n) is 12.5. The summed E-state index contributed by atoms with van der Waals surface area (Å²) < 4.78 is 0. The SMILES string of the molecule is Cc1ccc(C2CCC(C(=O)C3CCC(C)CC3)CC2)cc1C1=Cc2ccccc2C1. The van der Waals surface area contributed by atoms with Crippen molar-refractivity contribution < 1.29 is 4.79 Å². The summed E-state index contributed by atoms with van der Waals surface area (Å²) >= 11 is 0. The van der Waals surface area contributed by atoms with E-state index in [1.54, 1.807) is 0 Å². The van der Waals surface area contributed by atoms with Crippen LogP contribution in [0.25, 0.3) is 11.6 Å². The summed E-state index contributed by atoms with van der Waals surface area (Å²) in [7, 11) is 0. The number of carbonyl (C=O) groups excluding carboxylic acids is 1. The number of ketones is 1. The zero-order valence-corrected chi connectivity index (χ0v) is 19.2. The van der Waals surface area contributed by atoms with Crippen LogP contribution in [0.3, 0.4) is 0 Å². The Bertz CT molecular complexity index is 981. The molecule has 1 nitrogen and oxygen atoms in total. The highest BCUT2D eigenvalue weighted by Gasteiger charge is 2.33. The molecule has 0 bridgehead atoms. The van der Waals surface area contributed by atoms with Gasteiger partial charge in [-0.3, -0.25) is 4.79 Å². The number of aryl methyl sites for hydroxylation is 1. The van der Waals surface area contributed by atoms with Crippen LogP contribution >= 0.6 is 0 Å². The van der Waals surface area contributed by atoms with Gasteiger partial charge in [0.2, 0.25) is 0 Å². The molecule has 0 aliphatic heterocycles. The van der Waals surface area contributed by atoms with Crippen LogP contribution in [-0.2, 0) is 11.2 Å². The van der Waals surface area contributed by atoms with Gasteiger partial charge in [0, 0.05) is 11.8 Å².